The molecule has 17 heavy (non-hydrogen) atoms. The van der Waals surface area contributed by atoms with Gasteiger partial charge in [-0.2, -0.15) is 0 Å². The zero-order chi connectivity index (χ0) is 13.0. The third-order valence-electron chi connectivity index (χ3n) is 2.79. The first-order chi connectivity index (χ1) is 7.97. The van der Waals surface area contributed by atoms with E-state index in [1.807, 2.05) is 13.8 Å². The molecule has 0 aromatic heterocycles. The van der Waals surface area contributed by atoms with Crippen LogP contribution in [-0.2, 0) is 9.53 Å². The number of likely N-dealkylation sites (N-methyl/N-ethyl adjacent to an activating group) is 1. The zero-order valence-corrected chi connectivity index (χ0v) is 10.9. The summed E-state index contributed by atoms with van der Waals surface area (Å²) in [6.45, 7) is 4.47. The molecule has 2 N–H and O–H groups in total. The van der Waals surface area contributed by atoms with E-state index in [2.05, 4.69) is 4.99 Å². The third kappa shape index (κ3) is 3.30. The molecule has 1 amide bonds. The number of hydrogen-bond acceptors (Lipinski definition) is 4. The summed E-state index contributed by atoms with van der Waals surface area (Å²) in [4.78, 5) is 17.8. The number of ether oxygens (including phenoxy) is 1. The fraction of sp³-hybridized carbons (Fsp3) is 0.667. The first-order valence-corrected chi connectivity index (χ1v) is 5.75. The van der Waals surface area contributed by atoms with E-state index >= 15 is 0 Å². The lowest BCUT2D eigenvalue weighted by Gasteiger charge is -2.32. The van der Waals surface area contributed by atoms with E-state index in [0.29, 0.717) is 18.7 Å². The van der Waals surface area contributed by atoms with Gasteiger partial charge in [-0.15, -0.1) is 0 Å². The highest BCUT2D eigenvalue weighted by Crippen LogP contribution is 2.19. The lowest BCUT2D eigenvalue weighted by atomic mass is 9.99. The molecule has 96 valence electrons. The van der Waals surface area contributed by atoms with Gasteiger partial charge in [-0.25, -0.2) is 0 Å². The fourth-order valence-electron chi connectivity index (χ4n) is 1.72. The van der Waals surface area contributed by atoms with Crippen molar-refractivity contribution in [3.63, 3.8) is 0 Å². The molecule has 0 radical (unpaired) electrons. The number of nitrogens with two attached hydrogens (primary N) is 1. The molecule has 0 spiro atoms. The number of carbonyl (C=O) groups excluding carboxylic acids is 1. The molecule has 1 aliphatic heterocycles. The standard InChI is InChI=1S/C12H21N3O2/c1-8(2)14-6-9-5-10(7-17-4)15(3)12(16)11(9)13/h6,8,10H,5,7,13H2,1-4H3. The van der Waals surface area contributed by atoms with Crippen molar-refractivity contribution < 1.29 is 9.53 Å². The minimum atomic E-state index is -0.150. The largest absolute Gasteiger partial charge is 0.394 e. The maximum atomic E-state index is 11.9. The number of methoxy groups -OCH3 is 1. The maximum absolute atomic E-state index is 11.9. The molecule has 0 saturated heterocycles. The number of nitrogens with zero attached hydrogens (tertiary/aromatic N) is 2. The van der Waals surface area contributed by atoms with Crippen LogP contribution in [0.3, 0.4) is 0 Å². The van der Waals surface area contributed by atoms with Crippen molar-refractivity contribution in [2.45, 2.75) is 32.4 Å². The van der Waals surface area contributed by atoms with Gasteiger partial charge in [0.1, 0.15) is 5.70 Å². The van der Waals surface area contributed by atoms with Gasteiger partial charge in [0.2, 0.25) is 0 Å². The Kier molecular flexibility index (Phi) is 4.69. The molecular formula is C12H21N3O2. The molecule has 1 atom stereocenters. The van der Waals surface area contributed by atoms with Crippen molar-refractivity contribution in [1.29, 1.82) is 0 Å². The Morgan fingerprint density at radius 2 is 2.29 bits per heavy atom. The molecule has 1 aliphatic rings. The van der Waals surface area contributed by atoms with Crippen LogP contribution in [0.5, 0.6) is 0 Å². The Morgan fingerprint density at radius 3 is 2.82 bits per heavy atom. The molecule has 0 fully saturated rings. The Hall–Kier alpha value is -1.36. The highest BCUT2D eigenvalue weighted by molar-refractivity contribution is 6.00. The first-order valence-electron chi connectivity index (χ1n) is 5.75. The van der Waals surface area contributed by atoms with E-state index in [1.165, 1.54) is 0 Å². The van der Waals surface area contributed by atoms with Crippen LogP contribution in [0, 0.1) is 0 Å². The molecule has 5 heteroatoms. The van der Waals surface area contributed by atoms with Gasteiger partial charge in [-0.3, -0.25) is 9.79 Å². The zero-order valence-electron chi connectivity index (χ0n) is 10.9. The predicted molar refractivity (Wildman–Crippen MR) is 67.9 cm³/mol. The summed E-state index contributed by atoms with van der Waals surface area (Å²) in [6.07, 6.45) is 2.41. The van der Waals surface area contributed by atoms with E-state index in [9.17, 15) is 4.79 Å². The minimum absolute atomic E-state index is 0.0356. The van der Waals surface area contributed by atoms with Crippen LogP contribution in [-0.4, -0.2) is 49.9 Å². The van der Waals surface area contributed by atoms with E-state index in [1.54, 1.807) is 25.3 Å². The highest BCUT2D eigenvalue weighted by Gasteiger charge is 2.29. The van der Waals surface area contributed by atoms with Crippen LogP contribution < -0.4 is 5.73 Å². The van der Waals surface area contributed by atoms with Gasteiger partial charge in [0, 0.05) is 32.0 Å². The maximum Gasteiger partial charge on any atom is 0.270 e. The van der Waals surface area contributed by atoms with Crippen molar-refractivity contribution in [3.05, 3.63) is 11.3 Å². The van der Waals surface area contributed by atoms with Gasteiger partial charge in [0.25, 0.3) is 5.91 Å². The topological polar surface area (TPSA) is 67.9 Å². The monoisotopic (exact) mass is 239 g/mol. The molecule has 0 aromatic rings. The normalized spacial score (nSPS) is 22.1. The van der Waals surface area contributed by atoms with Crippen molar-refractivity contribution in [2.75, 3.05) is 20.8 Å². The lowest BCUT2D eigenvalue weighted by Crippen LogP contribution is -2.46. The summed E-state index contributed by atoms with van der Waals surface area (Å²) in [5.41, 5.74) is 6.92. The molecule has 1 heterocycles. The van der Waals surface area contributed by atoms with Crippen LogP contribution in [0.4, 0.5) is 0 Å². The fourth-order valence-corrected chi connectivity index (χ4v) is 1.72. The van der Waals surface area contributed by atoms with Crippen LogP contribution in [0.25, 0.3) is 0 Å². The first kappa shape index (κ1) is 13.7. The smallest absolute Gasteiger partial charge is 0.270 e. The molecule has 0 saturated carbocycles. The van der Waals surface area contributed by atoms with Gasteiger partial charge < -0.3 is 15.4 Å². The summed E-state index contributed by atoms with van der Waals surface area (Å²) in [6, 6.07) is 0.236. The Bertz CT molecular complexity index is 348. The molecule has 5 nitrogen and oxygen atoms in total. The second kappa shape index (κ2) is 5.82. The second-order valence-corrected chi connectivity index (χ2v) is 4.54. The SMILES string of the molecule is COCC1CC(C=NC(C)C)=C(N)C(=O)N1C. The second-order valence-electron chi connectivity index (χ2n) is 4.54. The Labute approximate surface area is 102 Å². The summed E-state index contributed by atoms with van der Waals surface area (Å²) in [5.74, 6) is -0.150. The molecular weight excluding hydrogens is 218 g/mol. The van der Waals surface area contributed by atoms with E-state index in [0.717, 1.165) is 5.57 Å². The van der Waals surface area contributed by atoms with E-state index in [-0.39, 0.29) is 18.0 Å². The van der Waals surface area contributed by atoms with Gasteiger partial charge in [0.05, 0.1) is 12.6 Å². The van der Waals surface area contributed by atoms with Crippen molar-refractivity contribution >= 4 is 12.1 Å². The van der Waals surface area contributed by atoms with Gasteiger partial charge >= 0.3 is 0 Å². The molecule has 0 aromatic carbocycles. The van der Waals surface area contributed by atoms with Gasteiger partial charge in [0.15, 0.2) is 0 Å². The lowest BCUT2D eigenvalue weighted by molar-refractivity contribution is -0.129. The van der Waals surface area contributed by atoms with Crippen molar-refractivity contribution in [3.8, 4) is 0 Å². The quantitative estimate of drug-likeness (QED) is 0.729. The van der Waals surface area contributed by atoms with Gasteiger partial charge in [-0.05, 0) is 20.3 Å². The Balaban J connectivity index is 2.91. The van der Waals surface area contributed by atoms with Crippen molar-refractivity contribution in [1.82, 2.24) is 4.90 Å². The molecule has 0 aliphatic carbocycles. The molecule has 0 bridgehead atoms. The highest BCUT2D eigenvalue weighted by atomic mass is 16.5. The summed E-state index contributed by atoms with van der Waals surface area (Å²) in [5, 5.41) is 0. The summed E-state index contributed by atoms with van der Waals surface area (Å²) < 4.78 is 5.11. The van der Waals surface area contributed by atoms with Gasteiger partial charge in [-0.1, -0.05) is 0 Å². The number of carbonyl (C=O) groups is 1. The Morgan fingerprint density at radius 1 is 1.65 bits per heavy atom. The molecule has 1 rings (SSSR count). The van der Waals surface area contributed by atoms with Crippen LogP contribution in [0.15, 0.2) is 16.3 Å². The van der Waals surface area contributed by atoms with E-state index < -0.39 is 0 Å². The minimum Gasteiger partial charge on any atom is -0.394 e. The third-order valence-corrected chi connectivity index (χ3v) is 2.79. The average molecular weight is 239 g/mol. The summed E-state index contributed by atoms with van der Waals surface area (Å²) in [7, 11) is 3.37. The number of hydrogen-bond donors (Lipinski definition) is 1. The van der Waals surface area contributed by atoms with Crippen LogP contribution in [0.2, 0.25) is 0 Å². The van der Waals surface area contributed by atoms with Crippen LogP contribution >= 0.6 is 0 Å². The van der Waals surface area contributed by atoms with Crippen LogP contribution in [0.1, 0.15) is 20.3 Å². The summed E-state index contributed by atoms with van der Waals surface area (Å²) >= 11 is 0. The number of rotatable bonds is 4. The van der Waals surface area contributed by atoms with Crippen molar-refractivity contribution in [2.24, 2.45) is 10.7 Å². The number of aliphatic imine (C=N–C) groups is 1. The molecule has 1 unspecified atom stereocenters. The van der Waals surface area contributed by atoms with E-state index in [4.69, 9.17) is 10.5 Å². The average Bonchev–Trinajstić information content (AvgIpc) is 2.28. The number of amides is 1. The predicted octanol–water partition coefficient (Wildman–Crippen LogP) is 0.555.